The Kier molecular flexibility index (Phi) is 4.78. The molecule has 56 valence electrons. The van der Waals surface area contributed by atoms with Gasteiger partial charge in [0.1, 0.15) is 0 Å². The first-order valence-corrected chi connectivity index (χ1v) is 3.89. The normalized spacial score (nSPS) is 14.3. The molecule has 0 aromatic carbocycles. The number of nitrogens with zero attached hydrogens (tertiary/aromatic N) is 1. The molecular formula is C8H19N. The molecule has 0 amide bonds. The Hall–Kier alpha value is -0.0400. The largest absolute Gasteiger partial charge is 0.306 e. The van der Waals surface area contributed by atoms with Crippen molar-refractivity contribution in [2.45, 2.75) is 27.2 Å². The van der Waals surface area contributed by atoms with Gasteiger partial charge in [0.2, 0.25) is 0 Å². The standard InChI is InChI=1S/C8H19N/c1-5-8(3)7-9(4)6-2/h8H,5-7H2,1-4H3/t8-/m0/s1. The summed E-state index contributed by atoms with van der Waals surface area (Å²) < 4.78 is 0. The lowest BCUT2D eigenvalue weighted by atomic mass is 10.1. The van der Waals surface area contributed by atoms with Gasteiger partial charge in [-0.25, -0.2) is 0 Å². The summed E-state index contributed by atoms with van der Waals surface area (Å²) in [4.78, 5) is 2.36. The van der Waals surface area contributed by atoms with Crippen LogP contribution >= 0.6 is 0 Å². The van der Waals surface area contributed by atoms with E-state index in [4.69, 9.17) is 0 Å². The van der Waals surface area contributed by atoms with Crippen molar-refractivity contribution in [2.24, 2.45) is 5.92 Å². The molecule has 0 radical (unpaired) electrons. The summed E-state index contributed by atoms with van der Waals surface area (Å²) in [6, 6.07) is 0. The minimum absolute atomic E-state index is 0.856. The third-order valence-electron chi connectivity index (χ3n) is 1.86. The van der Waals surface area contributed by atoms with Crippen LogP contribution in [0.25, 0.3) is 0 Å². The van der Waals surface area contributed by atoms with Crippen LogP contribution in [0.1, 0.15) is 27.2 Å². The van der Waals surface area contributed by atoms with E-state index in [0.29, 0.717) is 0 Å². The molecular weight excluding hydrogens is 110 g/mol. The van der Waals surface area contributed by atoms with Crippen molar-refractivity contribution >= 4 is 0 Å². The summed E-state index contributed by atoms with van der Waals surface area (Å²) in [7, 11) is 2.17. The van der Waals surface area contributed by atoms with Gasteiger partial charge in [-0.3, -0.25) is 0 Å². The minimum Gasteiger partial charge on any atom is -0.306 e. The third-order valence-corrected chi connectivity index (χ3v) is 1.86. The highest BCUT2D eigenvalue weighted by Crippen LogP contribution is 2.01. The van der Waals surface area contributed by atoms with Crippen LogP contribution in [0.2, 0.25) is 0 Å². The van der Waals surface area contributed by atoms with E-state index < -0.39 is 0 Å². The van der Waals surface area contributed by atoms with Crippen LogP contribution in [-0.4, -0.2) is 25.0 Å². The highest BCUT2D eigenvalue weighted by atomic mass is 15.1. The maximum absolute atomic E-state index is 2.36. The first kappa shape index (κ1) is 8.96. The average molecular weight is 129 g/mol. The van der Waals surface area contributed by atoms with Crippen LogP contribution < -0.4 is 0 Å². The van der Waals surface area contributed by atoms with Crippen LogP contribution in [-0.2, 0) is 0 Å². The third kappa shape index (κ3) is 4.46. The van der Waals surface area contributed by atoms with Gasteiger partial charge in [-0.15, -0.1) is 0 Å². The van der Waals surface area contributed by atoms with Crippen LogP contribution in [0.4, 0.5) is 0 Å². The van der Waals surface area contributed by atoms with Crippen LogP contribution in [0.3, 0.4) is 0 Å². The summed E-state index contributed by atoms with van der Waals surface area (Å²) in [5.41, 5.74) is 0. The Labute approximate surface area is 59.1 Å². The molecule has 0 bridgehead atoms. The van der Waals surface area contributed by atoms with E-state index in [1.807, 2.05) is 0 Å². The predicted molar refractivity (Wildman–Crippen MR) is 42.6 cm³/mol. The first-order valence-electron chi connectivity index (χ1n) is 3.89. The lowest BCUT2D eigenvalue weighted by Gasteiger charge is -2.17. The maximum atomic E-state index is 2.36. The molecule has 1 nitrogen and oxygen atoms in total. The zero-order valence-electron chi connectivity index (χ0n) is 7.15. The lowest BCUT2D eigenvalue weighted by Crippen LogP contribution is -2.23. The number of rotatable bonds is 4. The minimum atomic E-state index is 0.856. The van der Waals surface area contributed by atoms with Gasteiger partial charge in [0.15, 0.2) is 0 Å². The van der Waals surface area contributed by atoms with E-state index in [-0.39, 0.29) is 0 Å². The molecule has 0 saturated carbocycles. The highest BCUT2D eigenvalue weighted by Gasteiger charge is 2.00. The zero-order valence-corrected chi connectivity index (χ0v) is 7.15. The van der Waals surface area contributed by atoms with Crippen LogP contribution in [0.5, 0.6) is 0 Å². The summed E-state index contributed by atoms with van der Waals surface area (Å²) in [5.74, 6) is 0.856. The fourth-order valence-electron chi connectivity index (χ4n) is 0.790. The summed E-state index contributed by atoms with van der Waals surface area (Å²) in [5, 5.41) is 0. The molecule has 1 heteroatoms. The van der Waals surface area contributed by atoms with E-state index in [2.05, 4.69) is 32.7 Å². The lowest BCUT2D eigenvalue weighted by molar-refractivity contribution is 0.295. The molecule has 0 aromatic heterocycles. The van der Waals surface area contributed by atoms with Gasteiger partial charge in [-0.05, 0) is 19.5 Å². The van der Waals surface area contributed by atoms with E-state index in [1.165, 1.54) is 19.5 Å². The van der Waals surface area contributed by atoms with E-state index in [9.17, 15) is 0 Å². The van der Waals surface area contributed by atoms with Crippen molar-refractivity contribution < 1.29 is 0 Å². The average Bonchev–Trinajstić information content (AvgIpc) is 1.87. The molecule has 0 aliphatic heterocycles. The van der Waals surface area contributed by atoms with Crippen molar-refractivity contribution in [2.75, 3.05) is 20.1 Å². The fourth-order valence-corrected chi connectivity index (χ4v) is 0.790. The number of hydrogen-bond donors (Lipinski definition) is 0. The van der Waals surface area contributed by atoms with Gasteiger partial charge >= 0.3 is 0 Å². The SMILES string of the molecule is CC[C@H](C)CN(C)CC. The van der Waals surface area contributed by atoms with E-state index in [0.717, 1.165) is 5.92 Å². The quantitative estimate of drug-likeness (QED) is 0.561. The first-order chi connectivity index (χ1) is 4.20. The van der Waals surface area contributed by atoms with Gasteiger partial charge in [0.25, 0.3) is 0 Å². The Morgan fingerprint density at radius 2 is 1.89 bits per heavy atom. The van der Waals surface area contributed by atoms with Gasteiger partial charge in [-0.1, -0.05) is 27.2 Å². The van der Waals surface area contributed by atoms with Gasteiger partial charge in [0.05, 0.1) is 0 Å². The second-order valence-corrected chi connectivity index (χ2v) is 2.87. The molecule has 0 heterocycles. The van der Waals surface area contributed by atoms with E-state index >= 15 is 0 Å². The molecule has 0 unspecified atom stereocenters. The Balaban J connectivity index is 3.22. The molecule has 0 spiro atoms. The molecule has 0 fully saturated rings. The summed E-state index contributed by atoms with van der Waals surface area (Å²) in [6.07, 6.45) is 1.30. The van der Waals surface area contributed by atoms with Crippen molar-refractivity contribution in [1.29, 1.82) is 0 Å². The molecule has 0 rings (SSSR count). The van der Waals surface area contributed by atoms with Gasteiger partial charge in [-0.2, -0.15) is 0 Å². The second-order valence-electron chi connectivity index (χ2n) is 2.87. The van der Waals surface area contributed by atoms with Crippen molar-refractivity contribution in [3.8, 4) is 0 Å². The molecule has 9 heavy (non-hydrogen) atoms. The van der Waals surface area contributed by atoms with Crippen LogP contribution in [0, 0.1) is 5.92 Å². The molecule has 0 N–H and O–H groups in total. The second kappa shape index (κ2) is 4.80. The predicted octanol–water partition coefficient (Wildman–Crippen LogP) is 1.98. The van der Waals surface area contributed by atoms with Crippen LogP contribution in [0.15, 0.2) is 0 Å². The van der Waals surface area contributed by atoms with Gasteiger partial charge < -0.3 is 4.90 Å². The molecule has 1 atom stereocenters. The van der Waals surface area contributed by atoms with Crippen molar-refractivity contribution in [1.82, 2.24) is 4.90 Å². The smallest absolute Gasteiger partial charge is 0.000375 e. The zero-order chi connectivity index (χ0) is 7.28. The monoisotopic (exact) mass is 129 g/mol. The Morgan fingerprint density at radius 3 is 2.22 bits per heavy atom. The van der Waals surface area contributed by atoms with E-state index in [1.54, 1.807) is 0 Å². The topological polar surface area (TPSA) is 3.24 Å². The molecule has 0 aromatic rings. The van der Waals surface area contributed by atoms with Gasteiger partial charge in [0, 0.05) is 6.54 Å². The van der Waals surface area contributed by atoms with Crippen molar-refractivity contribution in [3.63, 3.8) is 0 Å². The molecule has 0 saturated heterocycles. The highest BCUT2D eigenvalue weighted by molar-refractivity contribution is 4.54. The maximum Gasteiger partial charge on any atom is 0.000375 e. The number of hydrogen-bond acceptors (Lipinski definition) is 1. The Bertz CT molecular complexity index is 53.6. The summed E-state index contributed by atoms with van der Waals surface area (Å²) in [6.45, 7) is 9.15. The molecule has 0 aliphatic carbocycles. The Morgan fingerprint density at radius 1 is 1.33 bits per heavy atom. The molecule has 0 aliphatic rings. The summed E-state index contributed by atoms with van der Waals surface area (Å²) >= 11 is 0. The van der Waals surface area contributed by atoms with Crippen molar-refractivity contribution in [3.05, 3.63) is 0 Å². The fraction of sp³-hybridized carbons (Fsp3) is 1.00.